The van der Waals surface area contributed by atoms with Crippen molar-refractivity contribution in [1.29, 1.82) is 0 Å². The summed E-state index contributed by atoms with van der Waals surface area (Å²) < 4.78 is 4.58. The molecule has 2 heteroatoms. The van der Waals surface area contributed by atoms with Crippen LogP contribution in [0.2, 0.25) is 0 Å². The third kappa shape index (κ3) is 3.21. The van der Waals surface area contributed by atoms with Crippen LogP contribution < -0.4 is 0 Å². The van der Waals surface area contributed by atoms with E-state index in [0.717, 1.165) is 12.8 Å². The fraction of sp³-hybridized carbons (Fsp3) is 0.417. The molecule has 0 N–H and O–H groups in total. The Morgan fingerprint density at radius 2 is 2.07 bits per heavy atom. The van der Waals surface area contributed by atoms with Crippen molar-refractivity contribution < 1.29 is 9.53 Å². The van der Waals surface area contributed by atoms with Crippen LogP contribution in [0.1, 0.15) is 31.2 Å². The molecular weight excluding hydrogens is 176 g/mol. The van der Waals surface area contributed by atoms with Gasteiger partial charge in [0.15, 0.2) is 0 Å². The summed E-state index contributed by atoms with van der Waals surface area (Å²) in [5.41, 5.74) is 1.31. The van der Waals surface area contributed by atoms with Crippen LogP contribution in [0.25, 0.3) is 0 Å². The first-order valence-corrected chi connectivity index (χ1v) is 4.92. The zero-order valence-corrected chi connectivity index (χ0v) is 8.40. The first-order valence-electron chi connectivity index (χ1n) is 4.92. The highest BCUT2D eigenvalue weighted by atomic mass is 16.5. The van der Waals surface area contributed by atoms with Crippen molar-refractivity contribution >= 4 is 6.47 Å². The Labute approximate surface area is 84.9 Å². The van der Waals surface area contributed by atoms with E-state index in [0.29, 0.717) is 12.5 Å². The third-order valence-corrected chi connectivity index (χ3v) is 2.39. The Morgan fingerprint density at radius 1 is 1.36 bits per heavy atom. The van der Waals surface area contributed by atoms with Crippen LogP contribution in [-0.4, -0.2) is 13.1 Å². The quantitative estimate of drug-likeness (QED) is 0.646. The standard InChI is InChI=1S/C12H15O2/c1-2-11(8-9-14-10-13)12-6-4-3-5-7-12/h3-7,11H,2,8-9H2,1H3. The van der Waals surface area contributed by atoms with Crippen molar-refractivity contribution in [2.45, 2.75) is 25.7 Å². The van der Waals surface area contributed by atoms with Crippen molar-refractivity contribution in [3.63, 3.8) is 0 Å². The molecule has 0 amide bonds. The van der Waals surface area contributed by atoms with Gasteiger partial charge in [-0.1, -0.05) is 37.3 Å². The normalized spacial score (nSPS) is 12.1. The molecule has 0 bridgehead atoms. The molecule has 1 aromatic carbocycles. The Bertz CT molecular complexity index is 256. The minimum Gasteiger partial charge on any atom is -0.457 e. The van der Waals surface area contributed by atoms with Crippen LogP contribution in [0, 0.1) is 0 Å². The molecule has 75 valence electrons. The van der Waals surface area contributed by atoms with E-state index in [9.17, 15) is 4.79 Å². The Kier molecular flexibility index (Phi) is 4.76. The highest BCUT2D eigenvalue weighted by molar-refractivity contribution is 5.38. The van der Waals surface area contributed by atoms with E-state index in [4.69, 9.17) is 0 Å². The number of carbonyl (C=O) groups excluding carboxylic acids is 1. The number of ether oxygens (including phenoxy) is 1. The molecule has 0 aromatic heterocycles. The maximum absolute atomic E-state index is 9.86. The third-order valence-electron chi connectivity index (χ3n) is 2.39. The maximum atomic E-state index is 9.86. The predicted molar refractivity (Wildman–Crippen MR) is 55.7 cm³/mol. The van der Waals surface area contributed by atoms with E-state index in [1.165, 1.54) is 12.0 Å². The fourth-order valence-corrected chi connectivity index (χ4v) is 1.57. The van der Waals surface area contributed by atoms with Crippen molar-refractivity contribution in [3.8, 4) is 0 Å². The summed E-state index contributed by atoms with van der Waals surface area (Å²) in [5.74, 6) is 0.476. The maximum Gasteiger partial charge on any atom is 0.417 e. The number of benzene rings is 1. The molecular formula is C12H15O2. The van der Waals surface area contributed by atoms with Crippen LogP contribution >= 0.6 is 0 Å². The Morgan fingerprint density at radius 3 is 2.64 bits per heavy atom. The van der Waals surface area contributed by atoms with Gasteiger partial charge in [0.25, 0.3) is 0 Å². The second-order valence-corrected chi connectivity index (χ2v) is 3.24. The van der Waals surface area contributed by atoms with Gasteiger partial charge in [-0.3, -0.25) is 0 Å². The highest BCUT2D eigenvalue weighted by Gasteiger charge is 2.08. The molecule has 2 nitrogen and oxygen atoms in total. The average Bonchev–Trinajstić information content (AvgIpc) is 2.26. The smallest absolute Gasteiger partial charge is 0.417 e. The van der Waals surface area contributed by atoms with E-state index in [1.54, 1.807) is 0 Å². The minimum atomic E-state index is 0.455. The lowest BCUT2D eigenvalue weighted by molar-refractivity contribution is 0.262. The zero-order chi connectivity index (χ0) is 10.2. The van der Waals surface area contributed by atoms with Crippen LogP contribution in [0.4, 0.5) is 0 Å². The molecule has 0 saturated carbocycles. The van der Waals surface area contributed by atoms with Crippen molar-refractivity contribution in [3.05, 3.63) is 35.9 Å². The van der Waals surface area contributed by atoms with Gasteiger partial charge in [-0.25, -0.2) is 4.79 Å². The molecule has 0 aliphatic heterocycles. The van der Waals surface area contributed by atoms with Crippen molar-refractivity contribution in [2.24, 2.45) is 0 Å². The van der Waals surface area contributed by atoms with Crippen LogP contribution in [0.3, 0.4) is 0 Å². The first kappa shape index (κ1) is 10.8. The van der Waals surface area contributed by atoms with Gasteiger partial charge < -0.3 is 4.74 Å². The molecule has 1 radical (unpaired) electrons. The number of rotatable bonds is 6. The summed E-state index contributed by atoms with van der Waals surface area (Å²) >= 11 is 0. The van der Waals surface area contributed by atoms with Crippen LogP contribution in [0.15, 0.2) is 30.3 Å². The van der Waals surface area contributed by atoms with Crippen LogP contribution in [0.5, 0.6) is 0 Å². The van der Waals surface area contributed by atoms with Gasteiger partial charge >= 0.3 is 6.47 Å². The number of hydrogen-bond acceptors (Lipinski definition) is 2. The van der Waals surface area contributed by atoms with Gasteiger partial charge in [0.05, 0.1) is 6.61 Å². The summed E-state index contributed by atoms with van der Waals surface area (Å²) in [4.78, 5) is 9.86. The highest BCUT2D eigenvalue weighted by Crippen LogP contribution is 2.22. The summed E-state index contributed by atoms with van der Waals surface area (Å²) in [7, 11) is 0. The molecule has 0 aliphatic carbocycles. The first-order chi connectivity index (χ1) is 6.88. The summed E-state index contributed by atoms with van der Waals surface area (Å²) in [6, 6.07) is 10.3. The van der Waals surface area contributed by atoms with E-state index < -0.39 is 0 Å². The van der Waals surface area contributed by atoms with Crippen molar-refractivity contribution in [1.82, 2.24) is 0 Å². The SMILES string of the molecule is CCC(CCO[C]=O)c1ccccc1. The minimum absolute atomic E-state index is 0.455. The topological polar surface area (TPSA) is 26.3 Å². The Balaban J connectivity index is 2.50. The van der Waals surface area contributed by atoms with Gasteiger partial charge in [0.1, 0.15) is 0 Å². The van der Waals surface area contributed by atoms with Crippen LogP contribution in [-0.2, 0) is 9.53 Å². The molecule has 0 fully saturated rings. The molecule has 0 aliphatic rings. The van der Waals surface area contributed by atoms with E-state index in [-0.39, 0.29) is 0 Å². The molecule has 0 heterocycles. The van der Waals surface area contributed by atoms with Gasteiger partial charge in [-0.15, -0.1) is 0 Å². The molecule has 1 atom stereocenters. The summed E-state index contributed by atoms with van der Waals surface area (Å²) in [5, 5.41) is 0. The number of hydrogen-bond donors (Lipinski definition) is 0. The fourth-order valence-electron chi connectivity index (χ4n) is 1.57. The second kappa shape index (κ2) is 6.19. The van der Waals surface area contributed by atoms with Gasteiger partial charge in [0, 0.05) is 0 Å². The molecule has 0 saturated heterocycles. The van der Waals surface area contributed by atoms with Gasteiger partial charge in [-0.05, 0) is 24.3 Å². The molecule has 1 rings (SSSR count). The molecule has 0 spiro atoms. The zero-order valence-electron chi connectivity index (χ0n) is 8.40. The predicted octanol–water partition coefficient (Wildman–Crippen LogP) is 2.65. The largest absolute Gasteiger partial charge is 0.457 e. The van der Waals surface area contributed by atoms with Gasteiger partial charge in [0.2, 0.25) is 0 Å². The molecule has 1 aromatic rings. The van der Waals surface area contributed by atoms with E-state index in [2.05, 4.69) is 23.8 Å². The molecule has 1 unspecified atom stereocenters. The molecule has 14 heavy (non-hydrogen) atoms. The lowest BCUT2D eigenvalue weighted by Gasteiger charge is -2.13. The second-order valence-electron chi connectivity index (χ2n) is 3.24. The Hall–Kier alpha value is -1.31. The lowest BCUT2D eigenvalue weighted by Crippen LogP contribution is -2.02. The van der Waals surface area contributed by atoms with E-state index >= 15 is 0 Å². The average molecular weight is 191 g/mol. The van der Waals surface area contributed by atoms with Gasteiger partial charge in [-0.2, -0.15) is 0 Å². The summed E-state index contributed by atoms with van der Waals surface area (Å²) in [6.45, 7) is 4.05. The lowest BCUT2D eigenvalue weighted by atomic mass is 9.94. The summed E-state index contributed by atoms with van der Waals surface area (Å²) in [6.07, 6.45) is 1.93. The van der Waals surface area contributed by atoms with E-state index in [1.807, 2.05) is 18.2 Å². The monoisotopic (exact) mass is 191 g/mol. The van der Waals surface area contributed by atoms with Crippen molar-refractivity contribution in [2.75, 3.05) is 6.61 Å².